The Hall–Kier alpha value is -1.63. The Balaban J connectivity index is 2.34. The summed E-state index contributed by atoms with van der Waals surface area (Å²) in [5, 5.41) is 0.703. The monoisotopic (exact) mass is 399 g/mol. The molecule has 3 rings (SSSR count). The lowest BCUT2D eigenvalue weighted by molar-refractivity contribution is -0.140. The Bertz CT molecular complexity index is 798. The molecule has 0 atom stereocenters. The minimum atomic E-state index is -4.48. The molecule has 2 aromatic carbocycles. The van der Waals surface area contributed by atoms with Crippen LogP contribution in [0.1, 0.15) is 5.69 Å². The maximum Gasteiger partial charge on any atom is 0.433 e. The minimum Gasteiger partial charge on any atom is -0.243 e. The van der Waals surface area contributed by atoms with Gasteiger partial charge in [-0.3, -0.25) is 0 Å². The van der Waals surface area contributed by atoms with Gasteiger partial charge in [0.1, 0.15) is 0 Å². The van der Waals surface area contributed by atoms with Gasteiger partial charge in [-0.2, -0.15) is 13.2 Å². The van der Waals surface area contributed by atoms with Crippen molar-refractivity contribution in [2.75, 3.05) is 0 Å². The second-order valence-electron chi connectivity index (χ2n) is 4.59. The molecule has 3 aromatic rings. The largest absolute Gasteiger partial charge is 0.433 e. The SMILES string of the molecule is FC(F)(F)c1nc2ccc(I)cc2cc1-c1ccccc1. The fourth-order valence-electron chi connectivity index (χ4n) is 2.20. The van der Waals surface area contributed by atoms with Crippen LogP contribution in [-0.4, -0.2) is 4.98 Å². The van der Waals surface area contributed by atoms with Crippen LogP contribution < -0.4 is 0 Å². The average Bonchev–Trinajstić information content (AvgIpc) is 2.45. The standard InChI is InChI=1S/C16H9F3IN/c17-16(18,19)15-13(10-4-2-1-3-5-10)9-11-8-12(20)6-7-14(11)21-15/h1-9H. The van der Waals surface area contributed by atoms with Gasteiger partial charge in [-0.25, -0.2) is 4.98 Å². The minimum absolute atomic E-state index is 0.109. The lowest BCUT2D eigenvalue weighted by Crippen LogP contribution is -2.10. The van der Waals surface area contributed by atoms with Crippen molar-refractivity contribution in [2.45, 2.75) is 6.18 Å². The van der Waals surface area contributed by atoms with Crippen molar-refractivity contribution in [3.8, 4) is 11.1 Å². The molecule has 21 heavy (non-hydrogen) atoms. The smallest absolute Gasteiger partial charge is 0.243 e. The number of alkyl halides is 3. The number of benzene rings is 2. The summed E-state index contributed by atoms with van der Waals surface area (Å²) in [5.41, 5.74) is 0.125. The molecule has 0 aliphatic carbocycles. The second-order valence-corrected chi connectivity index (χ2v) is 5.83. The van der Waals surface area contributed by atoms with E-state index in [1.807, 2.05) is 6.07 Å². The van der Waals surface area contributed by atoms with Gasteiger partial charge in [-0.1, -0.05) is 30.3 Å². The first kappa shape index (κ1) is 14.3. The highest BCUT2D eigenvalue weighted by molar-refractivity contribution is 14.1. The van der Waals surface area contributed by atoms with E-state index in [1.54, 1.807) is 48.5 Å². The van der Waals surface area contributed by atoms with Gasteiger partial charge in [0.25, 0.3) is 0 Å². The highest BCUT2D eigenvalue weighted by atomic mass is 127. The molecule has 0 amide bonds. The van der Waals surface area contributed by atoms with Gasteiger partial charge in [0.15, 0.2) is 5.69 Å². The predicted molar refractivity (Wildman–Crippen MR) is 84.9 cm³/mol. The number of nitrogens with zero attached hydrogens (tertiary/aromatic N) is 1. The quantitative estimate of drug-likeness (QED) is 0.491. The molecule has 0 bridgehead atoms. The van der Waals surface area contributed by atoms with Crippen molar-refractivity contribution in [2.24, 2.45) is 0 Å². The van der Waals surface area contributed by atoms with Crippen LogP contribution in [0.4, 0.5) is 13.2 Å². The topological polar surface area (TPSA) is 12.9 Å². The Morgan fingerprint density at radius 1 is 0.905 bits per heavy atom. The maximum atomic E-state index is 13.3. The molecule has 1 nitrogen and oxygen atoms in total. The molecule has 0 saturated carbocycles. The first-order valence-corrected chi connectivity index (χ1v) is 7.26. The third-order valence-electron chi connectivity index (χ3n) is 3.13. The zero-order valence-corrected chi connectivity index (χ0v) is 12.8. The van der Waals surface area contributed by atoms with Gasteiger partial charge in [0.2, 0.25) is 0 Å². The van der Waals surface area contributed by atoms with Crippen LogP contribution >= 0.6 is 22.6 Å². The molecule has 0 radical (unpaired) electrons. The first-order chi connectivity index (χ1) is 9.95. The Morgan fingerprint density at radius 3 is 2.29 bits per heavy atom. The predicted octanol–water partition coefficient (Wildman–Crippen LogP) is 5.53. The summed E-state index contributed by atoms with van der Waals surface area (Å²) in [6, 6.07) is 15.3. The molecular formula is C16H9F3IN. The van der Waals surface area contributed by atoms with E-state index in [2.05, 4.69) is 27.6 Å². The summed E-state index contributed by atoms with van der Waals surface area (Å²) in [7, 11) is 0. The zero-order valence-electron chi connectivity index (χ0n) is 10.7. The molecule has 1 aromatic heterocycles. The molecule has 0 aliphatic heterocycles. The van der Waals surface area contributed by atoms with Crippen LogP contribution in [0.3, 0.4) is 0 Å². The van der Waals surface area contributed by atoms with E-state index in [0.29, 0.717) is 16.5 Å². The second kappa shape index (κ2) is 5.29. The maximum absolute atomic E-state index is 13.3. The highest BCUT2D eigenvalue weighted by Crippen LogP contribution is 2.37. The van der Waals surface area contributed by atoms with Crippen molar-refractivity contribution in [1.29, 1.82) is 0 Å². The van der Waals surface area contributed by atoms with E-state index in [1.165, 1.54) is 0 Å². The van der Waals surface area contributed by atoms with Crippen LogP contribution in [0.5, 0.6) is 0 Å². The molecule has 1 heterocycles. The number of hydrogen-bond donors (Lipinski definition) is 0. The Kier molecular flexibility index (Phi) is 3.61. The molecule has 0 aliphatic rings. The fourth-order valence-corrected chi connectivity index (χ4v) is 2.72. The summed E-state index contributed by atoms with van der Waals surface area (Å²) in [6.45, 7) is 0. The van der Waals surface area contributed by atoms with Crippen molar-refractivity contribution in [3.05, 3.63) is 63.9 Å². The first-order valence-electron chi connectivity index (χ1n) is 6.18. The third-order valence-corrected chi connectivity index (χ3v) is 3.80. The fraction of sp³-hybridized carbons (Fsp3) is 0.0625. The van der Waals surface area contributed by atoms with Gasteiger partial charge in [-0.05, 0) is 52.4 Å². The van der Waals surface area contributed by atoms with Crippen LogP contribution in [-0.2, 0) is 6.18 Å². The van der Waals surface area contributed by atoms with E-state index in [-0.39, 0.29) is 5.56 Å². The summed E-state index contributed by atoms with van der Waals surface area (Å²) < 4.78 is 40.8. The van der Waals surface area contributed by atoms with Crippen LogP contribution in [0.2, 0.25) is 0 Å². The number of halogens is 4. The van der Waals surface area contributed by atoms with E-state index < -0.39 is 11.9 Å². The summed E-state index contributed by atoms with van der Waals surface area (Å²) in [6.07, 6.45) is -4.48. The Morgan fingerprint density at radius 2 is 1.62 bits per heavy atom. The molecule has 0 N–H and O–H groups in total. The van der Waals surface area contributed by atoms with Gasteiger partial charge >= 0.3 is 6.18 Å². The average molecular weight is 399 g/mol. The molecular weight excluding hydrogens is 390 g/mol. The van der Waals surface area contributed by atoms with E-state index in [9.17, 15) is 13.2 Å². The van der Waals surface area contributed by atoms with Gasteiger partial charge in [0.05, 0.1) is 5.52 Å². The van der Waals surface area contributed by atoms with E-state index in [4.69, 9.17) is 0 Å². The van der Waals surface area contributed by atoms with Crippen LogP contribution in [0.25, 0.3) is 22.0 Å². The van der Waals surface area contributed by atoms with Crippen molar-refractivity contribution >= 4 is 33.5 Å². The van der Waals surface area contributed by atoms with Gasteiger partial charge < -0.3 is 0 Å². The molecule has 106 valence electrons. The number of rotatable bonds is 1. The summed E-state index contributed by atoms with van der Waals surface area (Å²) in [5.74, 6) is 0. The summed E-state index contributed by atoms with van der Waals surface area (Å²) in [4.78, 5) is 3.84. The van der Waals surface area contributed by atoms with Gasteiger partial charge in [0, 0.05) is 14.5 Å². The van der Waals surface area contributed by atoms with Crippen molar-refractivity contribution in [1.82, 2.24) is 4.98 Å². The number of aromatic nitrogens is 1. The highest BCUT2D eigenvalue weighted by Gasteiger charge is 2.36. The molecule has 5 heteroatoms. The molecule has 0 spiro atoms. The molecule has 0 fully saturated rings. The van der Waals surface area contributed by atoms with Gasteiger partial charge in [-0.15, -0.1) is 0 Å². The van der Waals surface area contributed by atoms with Crippen molar-refractivity contribution in [3.63, 3.8) is 0 Å². The number of fused-ring (bicyclic) bond motifs is 1. The lowest BCUT2D eigenvalue weighted by Gasteiger charge is -2.13. The molecule has 0 saturated heterocycles. The van der Waals surface area contributed by atoms with E-state index in [0.717, 1.165) is 3.57 Å². The van der Waals surface area contributed by atoms with Crippen LogP contribution in [0, 0.1) is 3.57 Å². The number of hydrogen-bond acceptors (Lipinski definition) is 1. The number of pyridine rings is 1. The normalized spacial score (nSPS) is 11.8. The third kappa shape index (κ3) is 2.88. The molecule has 0 unspecified atom stereocenters. The van der Waals surface area contributed by atoms with Crippen LogP contribution in [0.15, 0.2) is 54.6 Å². The Labute approximate surface area is 133 Å². The van der Waals surface area contributed by atoms with E-state index >= 15 is 0 Å². The lowest BCUT2D eigenvalue weighted by atomic mass is 10.0. The van der Waals surface area contributed by atoms with Crippen molar-refractivity contribution < 1.29 is 13.2 Å². The summed E-state index contributed by atoms with van der Waals surface area (Å²) >= 11 is 2.13. The zero-order chi connectivity index (χ0) is 15.0.